The Morgan fingerprint density at radius 1 is 0.905 bits per heavy atom. The minimum Gasteiger partial charge on any atom is -0.462 e. The molecule has 0 atom stereocenters. The minimum atomic E-state index is -0.455. The summed E-state index contributed by atoms with van der Waals surface area (Å²) in [5.41, 5.74) is 0.828. The third-order valence-corrected chi connectivity index (χ3v) is 2.25. The zero-order chi connectivity index (χ0) is 16.7. The van der Waals surface area contributed by atoms with Gasteiger partial charge < -0.3 is 14.6 Å². The van der Waals surface area contributed by atoms with Crippen LogP contribution in [0.15, 0.2) is 24.3 Å². The Morgan fingerprint density at radius 3 is 1.76 bits per heavy atom. The second kappa shape index (κ2) is 14.8. The van der Waals surface area contributed by atoms with Crippen LogP contribution in [0.3, 0.4) is 0 Å². The molecule has 0 heterocycles. The number of hydrogen-bond donors (Lipinski definition) is 1. The number of unbranched alkanes of at least 4 members (excludes halogenated alkanes) is 3. The Kier molecular flexibility index (Phi) is 15.3. The summed E-state index contributed by atoms with van der Waals surface area (Å²) < 4.78 is 9.38. The summed E-state index contributed by atoms with van der Waals surface area (Å²) in [6, 6.07) is 0. The normalized spacial score (nSPS) is 9.14. The van der Waals surface area contributed by atoms with E-state index in [1.54, 1.807) is 13.8 Å². The quantitative estimate of drug-likeness (QED) is 0.403. The molecule has 0 aliphatic rings. The van der Waals surface area contributed by atoms with Crippen molar-refractivity contribution in [2.24, 2.45) is 0 Å². The Labute approximate surface area is 127 Å². The zero-order valence-corrected chi connectivity index (χ0v) is 13.4. The molecule has 0 spiro atoms. The zero-order valence-electron chi connectivity index (χ0n) is 13.4. The van der Waals surface area contributed by atoms with Gasteiger partial charge in [0.05, 0.1) is 13.2 Å². The van der Waals surface area contributed by atoms with Crippen LogP contribution in [0.25, 0.3) is 0 Å². The van der Waals surface area contributed by atoms with Crippen LogP contribution in [0.5, 0.6) is 0 Å². The van der Waals surface area contributed by atoms with Crippen molar-refractivity contribution >= 4 is 11.9 Å². The fraction of sp³-hybridized carbons (Fsp3) is 0.625. The lowest BCUT2D eigenvalue weighted by Gasteiger charge is -2.02. The minimum absolute atomic E-state index is 0.0473. The maximum atomic E-state index is 10.9. The highest BCUT2D eigenvalue weighted by molar-refractivity contribution is 5.87. The number of rotatable bonds is 9. The Morgan fingerprint density at radius 2 is 1.38 bits per heavy atom. The molecule has 0 aromatic carbocycles. The van der Waals surface area contributed by atoms with Crippen LogP contribution in [0.4, 0.5) is 0 Å². The molecule has 0 aliphatic heterocycles. The maximum absolute atomic E-state index is 10.9. The summed E-state index contributed by atoms with van der Waals surface area (Å²) in [5.74, 6) is -0.726. The topological polar surface area (TPSA) is 72.8 Å². The molecule has 5 heteroatoms. The number of esters is 2. The first-order chi connectivity index (χ1) is 9.86. The predicted molar refractivity (Wildman–Crippen MR) is 82.8 cm³/mol. The van der Waals surface area contributed by atoms with Crippen LogP contribution in [-0.4, -0.2) is 36.9 Å². The van der Waals surface area contributed by atoms with Gasteiger partial charge in [-0.1, -0.05) is 39.3 Å². The fourth-order valence-corrected chi connectivity index (χ4v) is 1.08. The second-order valence-electron chi connectivity index (χ2n) is 4.62. The number of aliphatic hydroxyl groups excluding tert-OH is 1. The Bertz CT molecular complexity index is 334. The molecular formula is C16H28O5. The lowest BCUT2D eigenvalue weighted by atomic mass is 10.2. The van der Waals surface area contributed by atoms with Gasteiger partial charge in [-0.2, -0.15) is 0 Å². The number of ether oxygens (including phenoxy) is 2. The molecule has 0 aromatic rings. The van der Waals surface area contributed by atoms with Gasteiger partial charge in [0.2, 0.25) is 0 Å². The van der Waals surface area contributed by atoms with E-state index in [0.717, 1.165) is 12.8 Å². The van der Waals surface area contributed by atoms with Gasteiger partial charge in [-0.25, -0.2) is 9.59 Å². The van der Waals surface area contributed by atoms with Gasteiger partial charge in [0, 0.05) is 11.1 Å². The van der Waals surface area contributed by atoms with Gasteiger partial charge in [-0.3, -0.25) is 0 Å². The van der Waals surface area contributed by atoms with Gasteiger partial charge in [-0.15, -0.1) is 0 Å². The monoisotopic (exact) mass is 300 g/mol. The van der Waals surface area contributed by atoms with Crippen molar-refractivity contribution < 1.29 is 24.2 Å². The number of aliphatic hydroxyl groups is 1. The van der Waals surface area contributed by atoms with E-state index >= 15 is 0 Å². The molecule has 0 unspecified atom stereocenters. The van der Waals surface area contributed by atoms with Crippen molar-refractivity contribution in [2.75, 3.05) is 19.8 Å². The van der Waals surface area contributed by atoms with Crippen LogP contribution < -0.4 is 0 Å². The van der Waals surface area contributed by atoms with Crippen LogP contribution in [0, 0.1) is 0 Å². The average Bonchev–Trinajstić information content (AvgIpc) is 2.44. The number of hydrogen-bond acceptors (Lipinski definition) is 5. The van der Waals surface area contributed by atoms with E-state index in [9.17, 15) is 9.59 Å². The molecule has 0 fully saturated rings. The van der Waals surface area contributed by atoms with Crippen molar-refractivity contribution in [2.45, 2.75) is 46.5 Å². The highest BCUT2D eigenvalue weighted by Gasteiger charge is 2.01. The molecule has 1 N–H and O–H groups in total. The third kappa shape index (κ3) is 16.3. The molecule has 0 rings (SSSR count). The van der Waals surface area contributed by atoms with Gasteiger partial charge in [0.15, 0.2) is 0 Å². The molecule has 5 nitrogen and oxygen atoms in total. The molecule has 0 bridgehead atoms. The molecular weight excluding hydrogens is 272 g/mol. The van der Waals surface area contributed by atoms with Gasteiger partial charge in [-0.05, 0) is 20.3 Å². The number of carbonyl (C=O) groups excluding carboxylic acids is 2. The average molecular weight is 300 g/mol. The van der Waals surface area contributed by atoms with Crippen LogP contribution in [-0.2, 0) is 19.1 Å². The highest BCUT2D eigenvalue weighted by atomic mass is 16.5. The van der Waals surface area contributed by atoms with Gasteiger partial charge in [0.25, 0.3) is 0 Å². The first kappa shape index (κ1) is 21.7. The van der Waals surface area contributed by atoms with Crippen LogP contribution in [0.2, 0.25) is 0 Å². The summed E-state index contributed by atoms with van der Waals surface area (Å²) in [6.07, 6.45) is 4.52. The fourth-order valence-electron chi connectivity index (χ4n) is 1.08. The molecule has 0 radical (unpaired) electrons. The van der Waals surface area contributed by atoms with Gasteiger partial charge >= 0.3 is 11.9 Å². The van der Waals surface area contributed by atoms with Crippen molar-refractivity contribution in [1.82, 2.24) is 0 Å². The Balaban J connectivity index is 0. The van der Waals surface area contributed by atoms with Crippen LogP contribution in [0.1, 0.15) is 46.5 Å². The highest BCUT2D eigenvalue weighted by Crippen LogP contribution is 2.00. The Hall–Kier alpha value is -1.62. The first-order valence-electron chi connectivity index (χ1n) is 7.12. The number of carbonyl (C=O) groups is 2. The third-order valence-electron chi connectivity index (χ3n) is 2.25. The predicted octanol–water partition coefficient (Wildman–Crippen LogP) is 2.78. The van der Waals surface area contributed by atoms with E-state index in [0.29, 0.717) is 17.8 Å². The molecule has 0 saturated heterocycles. The molecule has 21 heavy (non-hydrogen) atoms. The van der Waals surface area contributed by atoms with E-state index in [1.807, 2.05) is 0 Å². The van der Waals surface area contributed by atoms with E-state index in [4.69, 9.17) is 9.84 Å². The second-order valence-corrected chi connectivity index (χ2v) is 4.62. The summed E-state index contributed by atoms with van der Waals surface area (Å²) in [7, 11) is 0. The smallest absolute Gasteiger partial charge is 0.333 e. The van der Waals surface area contributed by atoms with Crippen molar-refractivity contribution in [3.05, 3.63) is 24.3 Å². The molecule has 122 valence electrons. The standard InChI is InChI=1S/C10H18O2.C6H10O3/c1-4-5-6-7-8-12-10(11)9(2)3;1-5(2)6(8)9-4-3-7/h2,4-8H2,1,3H3;7H,1,3-4H2,2H3. The lowest BCUT2D eigenvalue weighted by Crippen LogP contribution is -2.08. The van der Waals surface area contributed by atoms with E-state index in [2.05, 4.69) is 24.8 Å². The summed E-state index contributed by atoms with van der Waals surface area (Å²) in [6.45, 7) is 12.7. The van der Waals surface area contributed by atoms with Crippen molar-refractivity contribution in [1.29, 1.82) is 0 Å². The SMILES string of the molecule is C=C(C)C(=O)OCCCCCC.C=C(C)C(=O)OCCO. The summed E-state index contributed by atoms with van der Waals surface area (Å²) in [4.78, 5) is 21.3. The first-order valence-corrected chi connectivity index (χ1v) is 7.12. The molecule has 0 aliphatic carbocycles. The largest absolute Gasteiger partial charge is 0.462 e. The molecule has 0 aromatic heterocycles. The van der Waals surface area contributed by atoms with E-state index in [-0.39, 0.29) is 19.2 Å². The van der Waals surface area contributed by atoms with Crippen LogP contribution >= 0.6 is 0 Å². The summed E-state index contributed by atoms with van der Waals surface area (Å²) >= 11 is 0. The van der Waals surface area contributed by atoms with E-state index in [1.165, 1.54) is 12.8 Å². The summed E-state index contributed by atoms with van der Waals surface area (Å²) in [5, 5.41) is 8.19. The van der Waals surface area contributed by atoms with E-state index < -0.39 is 5.97 Å². The van der Waals surface area contributed by atoms with Crippen molar-refractivity contribution in [3.63, 3.8) is 0 Å². The molecule has 0 saturated carbocycles. The maximum Gasteiger partial charge on any atom is 0.333 e. The lowest BCUT2D eigenvalue weighted by molar-refractivity contribution is -0.140. The van der Waals surface area contributed by atoms with Crippen molar-refractivity contribution in [3.8, 4) is 0 Å². The van der Waals surface area contributed by atoms with Gasteiger partial charge in [0.1, 0.15) is 6.61 Å². The molecule has 0 amide bonds.